The second-order valence-electron chi connectivity index (χ2n) is 4.11. The van der Waals surface area contributed by atoms with Crippen molar-refractivity contribution in [2.45, 2.75) is 6.92 Å². The van der Waals surface area contributed by atoms with Gasteiger partial charge in [-0.3, -0.25) is 0 Å². The fourth-order valence-corrected chi connectivity index (χ4v) is 2.09. The fourth-order valence-electron chi connectivity index (χ4n) is 2.09. The molecule has 2 heterocycles. The van der Waals surface area contributed by atoms with E-state index in [9.17, 15) is 4.79 Å². The maximum absolute atomic E-state index is 10.9. The van der Waals surface area contributed by atoms with Crippen molar-refractivity contribution in [3.63, 3.8) is 0 Å². The monoisotopic (exact) mass is 241 g/mol. The van der Waals surface area contributed by atoms with E-state index in [0.29, 0.717) is 5.69 Å². The molecular weight excluding hydrogens is 230 g/mol. The molecule has 5 heteroatoms. The Morgan fingerprint density at radius 3 is 2.83 bits per heavy atom. The molecule has 3 N–H and O–H groups in total. The van der Waals surface area contributed by atoms with Gasteiger partial charge >= 0.3 is 5.97 Å². The number of aromatic nitrogens is 3. The number of fused-ring (bicyclic) bond motifs is 1. The molecule has 0 aliphatic heterocycles. The number of hydrogen-bond donors (Lipinski definition) is 3. The number of hydrogen-bond acceptors (Lipinski definition) is 2. The molecule has 0 fully saturated rings. The Balaban J connectivity index is 2.23. The summed E-state index contributed by atoms with van der Waals surface area (Å²) in [4.78, 5) is 20.9. The summed E-state index contributed by atoms with van der Waals surface area (Å²) in [7, 11) is 0. The lowest BCUT2D eigenvalue weighted by Crippen LogP contribution is -1.98. The molecule has 0 atom stereocenters. The number of nitrogens with zero attached hydrogens (tertiary/aromatic N) is 1. The third kappa shape index (κ3) is 1.48. The molecule has 0 saturated carbocycles. The molecule has 3 rings (SSSR count). The maximum Gasteiger partial charge on any atom is 0.371 e. The average molecular weight is 241 g/mol. The van der Waals surface area contributed by atoms with E-state index in [4.69, 9.17) is 5.11 Å². The van der Waals surface area contributed by atoms with E-state index in [2.05, 4.69) is 15.0 Å². The number of nitrogens with one attached hydrogen (secondary N) is 2. The lowest BCUT2D eigenvalue weighted by molar-refractivity contribution is 0.0684. The van der Waals surface area contributed by atoms with Gasteiger partial charge < -0.3 is 15.1 Å². The van der Waals surface area contributed by atoms with Gasteiger partial charge in [-0.25, -0.2) is 9.78 Å². The van der Waals surface area contributed by atoms with Gasteiger partial charge in [0.05, 0.1) is 5.69 Å². The Bertz CT molecular complexity index is 740. The van der Waals surface area contributed by atoms with Crippen molar-refractivity contribution in [2.24, 2.45) is 0 Å². The molecule has 0 bridgehead atoms. The minimum Gasteiger partial charge on any atom is -0.475 e. The van der Waals surface area contributed by atoms with E-state index < -0.39 is 5.97 Å². The van der Waals surface area contributed by atoms with Crippen LogP contribution in [0.1, 0.15) is 16.3 Å². The summed E-state index contributed by atoms with van der Waals surface area (Å²) in [6.07, 6.45) is 1.85. The van der Waals surface area contributed by atoms with Crippen LogP contribution in [0.5, 0.6) is 0 Å². The highest BCUT2D eigenvalue weighted by atomic mass is 16.4. The molecule has 0 unspecified atom stereocenters. The Labute approximate surface area is 102 Å². The number of benzene rings is 1. The minimum absolute atomic E-state index is 0.0345. The standard InChI is InChI=1S/C13H11N3O2/c1-7-11(16-12(15-7)13(17)18)9-6-14-10-5-3-2-4-8(9)10/h2-6,14H,1H3,(H,15,16)(H,17,18). The number of rotatable bonds is 2. The van der Waals surface area contributed by atoms with Gasteiger partial charge in [0.1, 0.15) is 0 Å². The van der Waals surface area contributed by atoms with E-state index in [-0.39, 0.29) is 5.82 Å². The van der Waals surface area contributed by atoms with Crippen LogP contribution in [0, 0.1) is 6.92 Å². The van der Waals surface area contributed by atoms with Crippen LogP contribution < -0.4 is 0 Å². The van der Waals surface area contributed by atoms with Gasteiger partial charge in [0, 0.05) is 28.4 Å². The highest BCUT2D eigenvalue weighted by Crippen LogP contribution is 2.29. The van der Waals surface area contributed by atoms with Crippen LogP contribution in [0.25, 0.3) is 22.2 Å². The van der Waals surface area contributed by atoms with Crippen molar-refractivity contribution in [3.8, 4) is 11.3 Å². The minimum atomic E-state index is -1.05. The van der Waals surface area contributed by atoms with Crippen LogP contribution in [-0.4, -0.2) is 26.0 Å². The van der Waals surface area contributed by atoms with Gasteiger partial charge in [0.2, 0.25) is 5.82 Å². The summed E-state index contributed by atoms with van der Waals surface area (Å²) >= 11 is 0. The van der Waals surface area contributed by atoms with Gasteiger partial charge in [0.15, 0.2) is 0 Å². The number of H-pyrrole nitrogens is 2. The first-order valence-corrected chi connectivity index (χ1v) is 5.53. The fraction of sp³-hybridized carbons (Fsp3) is 0.0769. The quantitative estimate of drug-likeness (QED) is 0.644. The molecule has 0 amide bonds. The lowest BCUT2D eigenvalue weighted by atomic mass is 10.1. The smallest absolute Gasteiger partial charge is 0.371 e. The van der Waals surface area contributed by atoms with Crippen LogP contribution in [0.3, 0.4) is 0 Å². The van der Waals surface area contributed by atoms with Crippen molar-refractivity contribution in [2.75, 3.05) is 0 Å². The number of aromatic carboxylic acids is 1. The molecule has 3 aromatic rings. The van der Waals surface area contributed by atoms with E-state index in [1.54, 1.807) is 0 Å². The Kier molecular flexibility index (Phi) is 2.19. The second-order valence-corrected chi connectivity index (χ2v) is 4.11. The molecule has 0 aliphatic rings. The molecule has 18 heavy (non-hydrogen) atoms. The summed E-state index contributed by atoms with van der Waals surface area (Å²) in [5, 5.41) is 9.96. The predicted octanol–water partition coefficient (Wildman–Crippen LogP) is 2.56. The van der Waals surface area contributed by atoms with Gasteiger partial charge in [-0.2, -0.15) is 0 Å². The summed E-state index contributed by atoms with van der Waals surface area (Å²) in [6.45, 7) is 1.82. The predicted molar refractivity (Wildman–Crippen MR) is 67.6 cm³/mol. The maximum atomic E-state index is 10.9. The van der Waals surface area contributed by atoms with Gasteiger partial charge in [-0.15, -0.1) is 0 Å². The van der Waals surface area contributed by atoms with Crippen LogP contribution in [-0.2, 0) is 0 Å². The van der Waals surface area contributed by atoms with Crippen molar-refractivity contribution in [1.82, 2.24) is 15.0 Å². The number of aromatic amines is 2. The number of para-hydroxylation sites is 1. The highest BCUT2D eigenvalue weighted by Gasteiger charge is 2.16. The Hall–Kier alpha value is -2.56. The van der Waals surface area contributed by atoms with Gasteiger partial charge in [-0.1, -0.05) is 18.2 Å². The zero-order valence-corrected chi connectivity index (χ0v) is 9.69. The molecule has 1 aromatic carbocycles. The van der Waals surface area contributed by atoms with Crippen molar-refractivity contribution in [3.05, 3.63) is 42.0 Å². The molecule has 5 nitrogen and oxygen atoms in total. The Morgan fingerprint density at radius 2 is 2.11 bits per heavy atom. The topological polar surface area (TPSA) is 81.8 Å². The number of carboxylic acids is 1. The van der Waals surface area contributed by atoms with E-state index in [1.807, 2.05) is 37.4 Å². The highest BCUT2D eigenvalue weighted by molar-refractivity contribution is 5.96. The number of carbonyl (C=O) groups is 1. The lowest BCUT2D eigenvalue weighted by Gasteiger charge is -1.95. The van der Waals surface area contributed by atoms with E-state index >= 15 is 0 Å². The van der Waals surface area contributed by atoms with Gasteiger partial charge in [0.25, 0.3) is 0 Å². The normalized spacial score (nSPS) is 10.9. The first-order chi connectivity index (χ1) is 8.66. The van der Waals surface area contributed by atoms with Crippen molar-refractivity contribution < 1.29 is 9.90 Å². The summed E-state index contributed by atoms with van der Waals surface area (Å²) in [5.74, 6) is -1.09. The largest absolute Gasteiger partial charge is 0.475 e. The summed E-state index contributed by atoms with van der Waals surface area (Å²) in [5.41, 5.74) is 3.33. The number of imidazole rings is 1. The number of carboxylic acid groups (broad SMARTS) is 1. The van der Waals surface area contributed by atoms with Crippen LogP contribution in [0.15, 0.2) is 30.5 Å². The summed E-state index contributed by atoms with van der Waals surface area (Å²) < 4.78 is 0. The van der Waals surface area contributed by atoms with Crippen LogP contribution in [0.2, 0.25) is 0 Å². The zero-order chi connectivity index (χ0) is 12.7. The molecule has 0 spiro atoms. The molecule has 2 aromatic heterocycles. The first kappa shape index (κ1) is 10.6. The third-order valence-corrected chi connectivity index (χ3v) is 2.93. The molecular formula is C13H11N3O2. The molecule has 0 radical (unpaired) electrons. The third-order valence-electron chi connectivity index (χ3n) is 2.93. The zero-order valence-electron chi connectivity index (χ0n) is 9.69. The Morgan fingerprint density at radius 1 is 1.33 bits per heavy atom. The second kappa shape index (κ2) is 3.73. The van der Waals surface area contributed by atoms with Crippen molar-refractivity contribution >= 4 is 16.9 Å². The van der Waals surface area contributed by atoms with E-state index in [1.165, 1.54) is 0 Å². The van der Waals surface area contributed by atoms with Crippen LogP contribution in [0.4, 0.5) is 0 Å². The van der Waals surface area contributed by atoms with Crippen LogP contribution >= 0.6 is 0 Å². The molecule has 0 saturated heterocycles. The average Bonchev–Trinajstić information content (AvgIpc) is 2.92. The van der Waals surface area contributed by atoms with Crippen molar-refractivity contribution in [1.29, 1.82) is 0 Å². The summed E-state index contributed by atoms with van der Waals surface area (Å²) in [6, 6.07) is 7.84. The molecule has 90 valence electrons. The first-order valence-electron chi connectivity index (χ1n) is 5.53. The molecule has 0 aliphatic carbocycles. The SMILES string of the molecule is Cc1[nH]c(C(=O)O)nc1-c1c[nH]c2ccccc12. The van der Waals surface area contributed by atoms with E-state index in [0.717, 1.165) is 22.2 Å². The number of aryl methyl sites for hydroxylation is 1. The van der Waals surface area contributed by atoms with Gasteiger partial charge in [-0.05, 0) is 13.0 Å².